The molecule has 2 fully saturated rings. The van der Waals surface area contributed by atoms with Gasteiger partial charge in [0.15, 0.2) is 0 Å². The second kappa shape index (κ2) is 11.6. The van der Waals surface area contributed by atoms with Crippen LogP contribution in [0.25, 0.3) is 0 Å². The van der Waals surface area contributed by atoms with Crippen LogP contribution < -0.4 is 10.6 Å². The molecule has 3 aromatic rings. The Morgan fingerprint density at radius 2 is 1.17 bits per heavy atom. The minimum atomic E-state index is 0.429. The third-order valence-electron chi connectivity index (χ3n) is 7.21. The number of nitrogens with one attached hydrogen (secondary N) is 2. The van der Waals surface area contributed by atoms with Crippen LogP contribution in [-0.4, -0.2) is 58.0 Å². The van der Waals surface area contributed by atoms with Crippen molar-refractivity contribution in [2.24, 2.45) is 0 Å². The second-order valence-electron chi connectivity index (χ2n) is 10.1. The van der Waals surface area contributed by atoms with E-state index < -0.39 is 0 Å². The molecule has 2 N–H and O–H groups in total. The second-order valence-corrected chi connectivity index (χ2v) is 10.1. The van der Waals surface area contributed by atoms with Crippen molar-refractivity contribution < 1.29 is 0 Å². The fourth-order valence-corrected chi connectivity index (χ4v) is 5.25. The summed E-state index contributed by atoms with van der Waals surface area (Å²) in [6, 6.07) is 24.5. The molecule has 0 aliphatic carbocycles. The van der Waals surface area contributed by atoms with Crippen molar-refractivity contribution in [2.75, 3.05) is 36.8 Å². The van der Waals surface area contributed by atoms with E-state index in [4.69, 9.17) is 4.98 Å². The Labute approximate surface area is 209 Å². The lowest BCUT2D eigenvalue weighted by atomic mass is 10.0. The Balaban J connectivity index is 1.09. The number of hydrogen-bond donors (Lipinski definition) is 2. The van der Waals surface area contributed by atoms with Crippen molar-refractivity contribution in [2.45, 2.75) is 57.8 Å². The lowest BCUT2D eigenvalue weighted by Gasteiger charge is -2.33. The highest BCUT2D eigenvalue weighted by Gasteiger charge is 2.22. The minimum Gasteiger partial charge on any atom is -0.367 e. The van der Waals surface area contributed by atoms with Gasteiger partial charge in [-0.2, -0.15) is 4.98 Å². The number of anilines is 2. The maximum atomic E-state index is 4.83. The first-order valence-electron chi connectivity index (χ1n) is 13.1. The number of hydrogen-bond acceptors (Lipinski definition) is 6. The Hall–Kier alpha value is -2.96. The molecule has 6 heteroatoms. The number of piperidine rings is 2. The van der Waals surface area contributed by atoms with Gasteiger partial charge in [-0.25, -0.2) is 4.98 Å². The predicted octanol–water partition coefficient (Wildman–Crippen LogP) is 4.94. The highest BCUT2D eigenvalue weighted by Crippen LogP contribution is 2.21. The van der Waals surface area contributed by atoms with Gasteiger partial charge in [0.05, 0.1) is 0 Å². The molecule has 0 radical (unpaired) electrons. The molecule has 2 aliphatic heterocycles. The maximum absolute atomic E-state index is 4.83. The van der Waals surface area contributed by atoms with Crippen molar-refractivity contribution in [3.63, 3.8) is 0 Å². The van der Waals surface area contributed by atoms with Crippen LogP contribution in [0.1, 0.15) is 42.5 Å². The molecule has 0 saturated carbocycles. The van der Waals surface area contributed by atoms with Gasteiger partial charge in [0.2, 0.25) is 5.95 Å². The van der Waals surface area contributed by atoms with E-state index in [1.54, 1.807) is 0 Å². The minimum absolute atomic E-state index is 0.429. The van der Waals surface area contributed by atoms with Crippen LogP contribution in [0.2, 0.25) is 0 Å². The lowest BCUT2D eigenvalue weighted by Crippen LogP contribution is -2.39. The van der Waals surface area contributed by atoms with E-state index in [0.29, 0.717) is 12.1 Å². The van der Waals surface area contributed by atoms with Gasteiger partial charge in [-0.3, -0.25) is 9.80 Å². The molecule has 5 rings (SSSR count). The predicted molar refractivity (Wildman–Crippen MR) is 143 cm³/mol. The number of nitrogens with zero attached hydrogens (tertiary/aromatic N) is 4. The summed E-state index contributed by atoms with van der Waals surface area (Å²) in [5.74, 6) is 1.71. The molecule has 0 spiro atoms. The fraction of sp³-hybridized carbons (Fsp3) is 0.448. The van der Waals surface area contributed by atoms with Gasteiger partial charge in [-0.15, -0.1) is 0 Å². The van der Waals surface area contributed by atoms with Crippen LogP contribution in [0.4, 0.5) is 11.8 Å². The normalized spacial score (nSPS) is 18.4. The average Bonchev–Trinajstić information content (AvgIpc) is 2.87. The van der Waals surface area contributed by atoms with Crippen LogP contribution >= 0.6 is 0 Å². The summed E-state index contributed by atoms with van der Waals surface area (Å²) < 4.78 is 0. The van der Waals surface area contributed by atoms with E-state index in [0.717, 1.165) is 82.4 Å². The van der Waals surface area contributed by atoms with Crippen molar-refractivity contribution >= 4 is 11.8 Å². The first-order valence-corrected chi connectivity index (χ1v) is 13.1. The van der Waals surface area contributed by atoms with Crippen LogP contribution in [-0.2, 0) is 13.1 Å². The third kappa shape index (κ3) is 7.03. The quantitative estimate of drug-likeness (QED) is 0.486. The topological polar surface area (TPSA) is 56.3 Å². The SMILES string of the molecule is Cc1cc(NC2CCN(Cc3ccccc3)CC2)nc(NC2CCN(Cc3ccccc3)CC2)n1. The van der Waals surface area contributed by atoms with Crippen molar-refractivity contribution in [3.05, 3.63) is 83.6 Å². The molecule has 1 aromatic heterocycles. The van der Waals surface area contributed by atoms with Crippen LogP contribution in [0.5, 0.6) is 0 Å². The van der Waals surface area contributed by atoms with Gasteiger partial charge in [-0.1, -0.05) is 60.7 Å². The maximum Gasteiger partial charge on any atom is 0.225 e. The molecule has 0 unspecified atom stereocenters. The van der Waals surface area contributed by atoms with Gasteiger partial charge >= 0.3 is 0 Å². The molecule has 6 nitrogen and oxygen atoms in total. The fourth-order valence-electron chi connectivity index (χ4n) is 5.25. The van der Waals surface area contributed by atoms with E-state index in [1.165, 1.54) is 11.1 Å². The number of aromatic nitrogens is 2. The number of benzene rings is 2. The van der Waals surface area contributed by atoms with E-state index in [1.807, 2.05) is 0 Å². The van der Waals surface area contributed by atoms with Crippen LogP contribution in [0, 0.1) is 6.92 Å². The lowest BCUT2D eigenvalue weighted by molar-refractivity contribution is 0.210. The zero-order valence-electron chi connectivity index (χ0n) is 20.9. The molecule has 2 aliphatic rings. The smallest absolute Gasteiger partial charge is 0.225 e. The summed E-state index contributed by atoms with van der Waals surface area (Å²) in [5.41, 5.74) is 3.79. The zero-order chi connectivity index (χ0) is 23.9. The molecule has 0 amide bonds. The summed E-state index contributed by atoms with van der Waals surface area (Å²) >= 11 is 0. The molecule has 35 heavy (non-hydrogen) atoms. The van der Waals surface area contributed by atoms with E-state index in [-0.39, 0.29) is 0 Å². The van der Waals surface area contributed by atoms with E-state index in [2.05, 4.69) is 99.1 Å². The van der Waals surface area contributed by atoms with Crippen molar-refractivity contribution in [1.82, 2.24) is 19.8 Å². The van der Waals surface area contributed by atoms with Crippen molar-refractivity contribution in [1.29, 1.82) is 0 Å². The molecule has 0 atom stereocenters. The number of aryl methyl sites for hydroxylation is 1. The molecular formula is C29H38N6. The number of rotatable bonds is 8. The molecular weight excluding hydrogens is 432 g/mol. The Morgan fingerprint density at radius 3 is 1.69 bits per heavy atom. The van der Waals surface area contributed by atoms with Gasteiger partial charge < -0.3 is 10.6 Å². The largest absolute Gasteiger partial charge is 0.367 e. The molecule has 2 saturated heterocycles. The summed E-state index contributed by atoms with van der Waals surface area (Å²) in [6.45, 7) is 8.57. The van der Waals surface area contributed by atoms with Crippen LogP contribution in [0.3, 0.4) is 0 Å². The average molecular weight is 471 g/mol. The molecule has 2 aromatic carbocycles. The molecule has 184 valence electrons. The Bertz CT molecular complexity index is 960. The van der Waals surface area contributed by atoms with Crippen LogP contribution in [0.15, 0.2) is 66.7 Å². The van der Waals surface area contributed by atoms with Gasteiger partial charge in [0.25, 0.3) is 0 Å². The number of likely N-dealkylation sites (tertiary alicyclic amines) is 2. The monoisotopic (exact) mass is 470 g/mol. The van der Waals surface area contributed by atoms with E-state index in [9.17, 15) is 0 Å². The van der Waals surface area contributed by atoms with Crippen molar-refractivity contribution in [3.8, 4) is 0 Å². The molecule has 0 bridgehead atoms. The zero-order valence-corrected chi connectivity index (χ0v) is 20.9. The highest BCUT2D eigenvalue weighted by molar-refractivity contribution is 5.43. The van der Waals surface area contributed by atoms with Gasteiger partial charge in [0, 0.05) is 63.1 Å². The Morgan fingerprint density at radius 1 is 0.686 bits per heavy atom. The third-order valence-corrected chi connectivity index (χ3v) is 7.21. The first-order chi connectivity index (χ1) is 17.2. The first kappa shape index (κ1) is 23.8. The Kier molecular flexibility index (Phi) is 7.91. The summed E-state index contributed by atoms with van der Waals surface area (Å²) in [5, 5.41) is 7.31. The van der Waals surface area contributed by atoms with Gasteiger partial charge in [0.1, 0.15) is 5.82 Å². The highest BCUT2D eigenvalue weighted by atomic mass is 15.2. The van der Waals surface area contributed by atoms with E-state index >= 15 is 0 Å². The summed E-state index contributed by atoms with van der Waals surface area (Å²) in [4.78, 5) is 14.6. The summed E-state index contributed by atoms with van der Waals surface area (Å²) in [6.07, 6.45) is 4.51. The molecule has 3 heterocycles. The standard InChI is InChI=1S/C29H38N6/c1-23-20-28(31-26-12-16-34(17-13-26)21-24-8-4-2-5-9-24)33-29(30-23)32-27-14-18-35(19-15-27)22-25-10-6-3-7-11-25/h2-11,20,26-27H,12-19,21-22H2,1H3,(H2,30,31,32,33). The van der Waals surface area contributed by atoms with Gasteiger partial charge in [-0.05, 0) is 43.7 Å². The summed E-state index contributed by atoms with van der Waals surface area (Å²) in [7, 11) is 0.